The van der Waals surface area contributed by atoms with E-state index in [1.165, 1.54) is 0 Å². The SMILES string of the molecule is CCNC(=O)[C@@H](Cc1ccccc1)N(Cc1ccc(Cl)cc1Cl)C(=O)Cc1ccc(Cl)cc1Cl. The molecule has 0 fully saturated rings. The number of hydrogen-bond donors (Lipinski definition) is 1. The van der Waals surface area contributed by atoms with Gasteiger partial charge in [0.05, 0.1) is 6.42 Å². The summed E-state index contributed by atoms with van der Waals surface area (Å²) in [7, 11) is 0. The Morgan fingerprint density at radius 2 is 1.44 bits per heavy atom. The van der Waals surface area contributed by atoms with Crippen molar-refractivity contribution in [3.8, 4) is 0 Å². The van der Waals surface area contributed by atoms with Gasteiger partial charge in [0.25, 0.3) is 0 Å². The van der Waals surface area contributed by atoms with E-state index in [9.17, 15) is 9.59 Å². The fraction of sp³-hybridized carbons (Fsp3) is 0.231. The molecule has 0 aliphatic heterocycles. The molecule has 4 nitrogen and oxygen atoms in total. The molecule has 34 heavy (non-hydrogen) atoms. The molecule has 0 aliphatic carbocycles. The largest absolute Gasteiger partial charge is 0.355 e. The number of likely N-dealkylation sites (N-methyl/N-ethyl adjacent to an activating group) is 1. The predicted octanol–water partition coefficient (Wildman–Crippen LogP) is 6.62. The highest BCUT2D eigenvalue weighted by molar-refractivity contribution is 6.35. The van der Waals surface area contributed by atoms with Gasteiger partial charge < -0.3 is 10.2 Å². The fourth-order valence-corrected chi connectivity index (χ4v) is 4.55. The van der Waals surface area contributed by atoms with Gasteiger partial charge in [-0.2, -0.15) is 0 Å². The first kappa shape index (κ1) is 26.4. The Balaban J connectivity index is 2.00. The van der Waals surface area contributed by atoms with E-state index >= 15 is 0 Å². The molecule has 3 aromatic rings. The van der Waals surface area contributed by atoms with Gasteiger partial charge >= 0.3 is 0 Å². The van der Waals surface area contributed by atoms with E-state index in [0.717, 1.165) is 5.56 Å². The molecular weight excluding hydrogens is 514 g/mol. The minimum Gasteiger partial charge on any atom is -0.355 e. The van der Waals surface area contributed by atoms with Crippen LogP contribution in [-0.4, -0.2) is 29.3 Å². The first-order valence-corrected chi connectivity index (χ1v) is 12.3. The molecule has 0 spiro atoms. The summed E-state index contributed by atoms with van der Waals surface area (Å²) in [5, 5.41) is 4.65. The van der Waals surface area contributed by atoms with Crippen molar-refractivity contribution in [1.29, 1.82) is 0 Å². The number of nitrogens with one attached hydrogen (secondary N) is 1. The van der Waals surface area contributed by atoms with Crippen LogP contribution in [0.25, 0.3) is 0 Å². The van der Waals surface area contributed by atoms with Crippen LogP contribution in [0, 0.1) is 0 Å². The van der Waals surface area contributed by atoms with Gasteiger partial charge in [-0.3, -0.25) is 9.59 Å². The van der Waals surface area contributed by atoms with Gasteiger partial charge in [-0.25, -0.2) is 0 Å². The highest BCUT2D eigenvalue weighted by atomic mass is 35.5. The van der Waals surface area contributed by atoms with E-state index in [2.05, 4.69) is 5.32 Å². The molecule has 0 radical (unpaired) electrons. The van der Waals surface area contributed by atoms with Gasteiger partial charge in [-0.1, -0.05) is 88.9 Å². The number of benzene rings is 3. The standard InChI is InChI=1S/C26H24Cl4N2O2/c1-2-31-26(34)24(12-17-6-4-3-5-7-17)32(16-19-9-11-21(28)15-23(19)30)25(33)13-18-8-10-20(27)14-22(18)29/h3-11,14-15,24H,2,12-13,16H2,1H3,(H,31,34)/t24-/m1/s1. The molecule has 0 heterocycles. The minimum atomic E-state index is -0.757. The van der Waals surface area contributed by atoms with Crippen LogP contribution in [0.5, 0.6) is 0 Å². The van der Waals surface area contributed by atoms with E-state index < -0.39 is 6.04 Å². The number of hydrogen-bond acceptors (Lipinski definition) is 2. The van der Waals surface area contributed by atoms with Crippen molar-refractivity contribution in [1.82, 2.24) is 10.2 Å². The Morgan fingerprint density at radius 1 is 0.853 bits per heavy atom. The molecule has 0 unspecified atom stereocenters. The quantitative estimate of drug-likeness (QED) is 0.333. The van der Waals surface area contributed by atoms with Gasteiger partial charge in [0, 0.05) is 39.6 Å². The third-order valence-electron chi connectivity index (χ3n) is 5.33. The lowest BCUT2D eigenvalue weighted by atomic mass is 10.0. The monoisotopic (exact) mass is 536 g/mol. The second kappa shape index (κ2) is 12.5. The zero-order valence-electron chi connectivity index (χ0n) is 18.5. The molecular formula is C26H24Cl4N2O2. The maximum atomic E-state index is 13.7. The van der Waals surface area contributed by atoms with Crippen molar-refractivity contribution >= 4 is 58.2 Å². The predicted molar refractivity (Wildman–Crippen MR) is 140 cm³/mol. The molecule has 0 bridgehead atoms. The fourth-order valence-electron chi connectivity index (χ4n) is 3.61. The number of amides is 2. The summed E-state index contributed by atoms with van der Waals surface area (Å²) in [6.45, 7) is 2.42. The molecule has 8 heteroatoms. The van der Waals surface area contributed by atoms with E-state index in [1.54, 1.807) is 41.3 Å². The molecule has 178 valence electrons. The Bertz CT molecular complexity index is 1150. The van der Waals surface area contributed by atoms with Crippen molar-refractivity contribution in [2.45, 2.75) is 32.4 Å². The van der Waals surface area contributed by atoms with Crippen LogP contribution >= 0.6 is 46.4 Å². The molecule has 0 saturated heterocycles. The van der Waals surface area contributed by atoms with Gasteiger partial charge in [0.2, 0.25) is 11.8 Å². The third kappa shape index (κ3) is 7.13. The molecule has 0 saturated carbocycles. The second-order valence-electron chi connectivity index (χ2n) is 7.77. The Morgan fingerprint density at radius 3 is 2.00 bits per heavy atom. The maximum absolute atomic E-state index is 13.7. The highest BCUT2D eigenvalue weighted by Crippen LogP contribution is 2.26. The summed E-state index contributed by atoms with van der Waals surface area (Å²) in [5.41, 5.74) is 2.24. The first-order valence-electron chi connectivity index (χ1n) is 10.8. The lowest BCUT2D eigenvalue weighted by molar-refractivity contribution is -0.140. The molecule has 1 N–H and O–H groups in total. The molecule has 2 amide bonds. The molecule has 3 rings (SSSR count). The smallest absolute Gasteiger partial charge is 0.243 e. The number of halogens is 4. The normalized spacial score (nSPS) is 11.7. The summed E-state index contributed by atoms with van der Waals surface area (Å²) in [4.78, 5) is 28.4. The lowest BCUT2D eigenvalue weighted by Crippen LogP contribution is -2.51. The minimum absolute atomic E-state index is 0.00586. The van der Waals surface area contributed by atoms with Crippen LogP contribution in [0.1, 0.15) is 23.6 Å². The Labute approximate surface area is 219 Å². The van der Waals surface area contributed by atoms with Crippen molar-refractivity contribution in [2.24, 2.45) is 0 Å². The van der Waals surface area contributed by atoms with Crippen molar-refractivity contribution in [2.75, 3.05) is 6.54 Å². The second-order valence-corrected chi connectivity index (χ2v) is 9.46. The van der Waals surface area contributed by atoms with Crippen LogP contribution < -0.4 is 5.32 Å². The van der Waals surface area contributed by atoms with Crippen LogP contribution in [0.15, 0.2) is 66.7 Å². The first-order chi connectivity index (χ1) is 16.3. The number of rotatable bonds is 9. The van der Waals surface area contributed by atoms with Crippen molar-refractivity contribution in [3.63, 3.8) is 0 Å². The number of nitrogens with zero attached hydrogens (tertiary/aromatic N) is 1. The van der Waals surface area contributed by atoms with E-state index in [0.29, 0.717) is 44.2 Å². The van der Waals surface area contributed by atoms with Crippen molar-refractivity contribution in [3.05, 3.63) is 104 Å². The summed E-state index contributed by atoms with van der Waals surface area (Å²) in [6, 6.07) is 18.9. The topological polar surface area (TPSA) is 49.4 Å². The summed E-state index contributed by atoms with van der Waals surface area (Å²) < 4.78 is 0. The lowest BCUT2D eigenvalue weighted by Gasteiger charge is -2.32. The maximum Gasteiger partial charge on any atom is 0.243 e. The number of carbonyl (C=O) groups is 2. The van der Waals surface area contributed by atoms with Crippen LogP contribution in [-0.2, 0) is 29.0 Å². The van der Waals surface area contributed by atoms with E-state index in [-0.39, 0.29) is 24.8 Å². The van der Waals surface area contributed by atoms with E-state index in [4.69, 9.17) is 46.4 Å². The highest BCUT2D eigenvalue weighted by Gasteiger charge is 2.31. The molecule has 0 aromatic heterocycles. The van der Waals surface area contributed by atoms with Crippen LogP contribution in [0.2, 0.25) is 20.1 Å². The van der Waals surface area contributed by atoms with Gasteiger partial charge in [0.1, 0.15) is 6.04 Å². The summed E-state index contributed by atoms with van der Waals surface area (Å²) >= 11 is 24.8. The Hall–Kier alpha value is -2.24. The van der Waals surface area contributed by atoms with Crippen molar-refractivity contribution < 1.29 is 9.59 Å². The summed E-state index contributed by atoms with van der Waals surface area (Å²) in [6.07, 6.45) is 0.351. The van der Waals surface area contributed by atoms with Gasteiger partial charge in [0.15, 0.2) is 0 Å². The molecule has 0 aliphatic rings. The Kier molecular flexibility index (Phi) is 9.66. The third-order valence-corrected chi connectivity index (χ3v) is 6.51. The van der Waals surface area contributed by atoms with Gasteiger partial charge in [-0.05, 0) is 47.9 Å². The van der Waals surface area contributed by atoms with E-state index in [1.807, 2.05) is 37.3 Å². The summed E-state index contributed by atoms with van der Waals surface area (Å²) in [5.74, 6) is -0.505. The van der Waals surface area contributed by atoms with Gasteiger partial charge in [-0.15, -0.1) is 0 Å². The molecule has 1 atom stereocenters. The average molecular weight is 538 g/mol. The van der Waals surface area contributed by atoms with Crippen LogP contribution in [0.3, 0.4) is 0 Å². The number of carbonyl (C=O) groups excluding carboxylic acids is 2. The zero-order chi connectivity index (χ0) is 24.7. The molecule has 3 aromatic carbocycles. The zero-order valence-corrected chi connectivity index (χ0v) is 21.6. The average Bonchev–Trinajstić information content (AvgIpc) is 2.80. The van der Waals surface area contributed by atoms with Crippen LogP contribution in [0.4, 0.5) is 0 Å².